The van der Waals surface area contributed by atoms with Gasteiger partial charge in [-0.15, -0.1) is 0 Å². The molecule has 134 valence electrons. The minimum absolute atomic E-state index is 0.0890. The number of nitrogens with one attached hydrogen (secondary N) is 2. The Balaban J connectivity index is 1.62. The third kappa shape index (κ3) is 4.10. The topological polar surface area (TPSA) is 83.5 Å². The highest BCUT2D eigenvalue weighted by molar-refractivity contribution is 5.90. The van der Waals surface area contributed by atoms with Crippen molar-refractivity contribution in [2.75, 3.05) is 19.0 Å². The number of aromatic nitrogens is 1. The number of rotatable bonds is 5. The molecule has 0 saturated heterocycles. The zero-order valence-corrected chi connectivity index (χ0v) is 14.7. The van der Waals surface area contributed by atoms with Crippen molar-refractivity contribution in [1.29, 1.82) is 0 Å². The number of aliphatic hydroxyl groups is 1. The van der Waals surface area contributed by atoms with Gasteiger partial charge in [-0.3, -0.25) is 0 Å². The average Bonchev–Trinajstić information content (AvgIpc) is 2.66. The summed E-state index contributed by atoms with van der Waals surface area (Å²) in [4.78, 5) is 16.2. The molecule has 0 aliphatic heterocycles. The molecule has 26 heavy (non-hydrogen) atoms. The number of amides is 2. The van der Waals surface area contributed by atoms with E-state index in [1.54, 1.807) is 12.3 Å². The molecule has 0 bridgehead atoms. The third-order valence-electron chi connectivity index (χ3n) is 4.04. The van der Waals surface area contributed by atoms with E-state index in [0.29, 0.717) is 11.6 Å². The van der Waals surface area contributed by atoms with E-state index < -0.39 is 12.1 Å². The summed E-state index contributed by atoms with van der Waals surface area (Å²) in [6, 6.07) is 15.0. The smallest absolute Gasteiger partial charge is 0.319 e. The number of pyridine rings is 1. The number of benzene rings is 2. The molecule has 0 fully saturated rings. The Morgan fingerprint density at radius 3 is 2.73 bits per heavy atom. The second-order valence-electron chi connectivity index (χ2n) is 6.03. The van der Waals surface area contributed by atoms with Gasteiger partial charge in [-0.25, -0.2) is 9.78 Å². The quantitative estimate of drug-likeness (QED) is 0.658. The molecule has 6 heteroatoms. The van der Waals surface area contributed by atoms with Crippen LogP contribution in [-0.4, -0.2) is 29.8 Å². The molecule has 0 spiro atoms. The molecule has 0 aliphatic carbocycles. The lowest BCUT2D eigenvalue weighted by Gasteiger charge is -2.14. The summed E-state index contributed by atoms with van der Waals surface area (Å²) >= 11 is 0. The van der Waals surface area contributed by atoms with Crippen molar-refractivity contribution in [1.82, 2.24) is 10.3 Å². The van der Waals surface area contributed by atoms with E-state index in [-0.39, 0.29) is 6.54 Å². The molecule has 2 amide bonds. The number of nitrogens with zero attached hydrogens (tertiary/aromatic N) is 1. The van der Waals surface area contributed by atoms with Crippen LogP contribution in [0.3, 0.4) is 0 Å². The van der Waals surface area contributed by atoms with Gasteiger partial charge < -0.3 is 20.5 Å². The van der Waals surface area contributed by atoms with Crippen molar-refractivity contribution in [3.63, 3.8) is 0 Å². The van der Waals surface area contributed by atoms with Gasteiger partial charge in [0.1, 0.15) is 5.69 Å². The van der Waals surface area contributed by atoms with E-state index in [0.717, 1.165) is 21.9 Å². The van der Waals surface area contributed by atoms with E-state index in [1.165, 1.54) is 7.11 Å². The van der Waals surface area contributed by atoms with Gasteiger partial charge in [0.25, 0.3) is 0 Å². The lowest BCUT2D eigenvalue weighted by Crippen LogP contribution is -2.32. The number of hydrogen-bond acceptors (Lipinski definition) is 4. The first kappa shape index (κ1) is 17.7. The highest BCUT2D eigenvalue weighted by Gasteiger charge is 2.12. The highest BCUT2D eigenvalue weighted by atomic mass is 16.5. The predicted octanol–water partition coefficient (Wildman–Crippen LogP) is 3.41. The summed E-state index contributed by atoms with van der Waals surface area (Å²) in [5.74, 6) is 0.334. The van der Waals surface area contributed by atoms with Crippen molar-refractivity contribution in [3.8, 4) is 5.88 Å². The summed E-state index contributed by atoms with van der Waals surface area (Å²) in [6.45, 7) is 1.96. The number of aryl methyl sites for hydroxylation is 1. The molecule has 2 aromatic carbocycles. The zero-order chi connectivity index (χ0) is 18.5. The van der Waals surface area contributed by atoms with E-state index >= 15 is 0 Å². The van der Waals surface area contributed by atoms with Gasteiger partial charge in [0, 0.05) is 12.7 Å². The average molecular weight is 351 g/mol. The predicted molar refractivity (Wildman–Crippen MR) is 101 cm³/mol. The first-order chi connectivity index (χ1) is 12.6. The van der Waals surface area contributed by atoms with Crippen molar-refractivity contribution < 1.29 is 14.6 Å². The van der Waals surface area contributed by atoms with Crippen LogP contribution >= 0.6 is 0 Å². The normalized spacial score (nSPS) is 11.8. The molecule has 1 aromatic heterocycles. The van der Waals surface area contributed by atoms with Gasteiger partial charge in [0.05, 0.1) is 13.2 Å². The number of anilines is 1. The number of fused-ring (bicyclic) bond motifs is 1. The maximum atomic E-state index is 12.1. The lowest BCUT2D eigenvalue weighted by molar-refractivity contribution is 0.175. The highest BCUT2D eigenvalue weighted by Crippen LogP contribution is 2.22. The van der Waals surface area contributed by atoms with Crippen LogP contribution in [0.4, 0.5) is 10.5 Å². The number of carbonyl (C=O) groups is 1. The Morgan fingerprint density at radius 2 is 1.96 bits per heavy atom. The number of urea groups is 1. The van der Waals surface area contributed by atoms with Crippen LogP contribution in [0.15, 0.2) is 54.7 Å². The van der Waals surface area contributed by atoms with Gasteiger partial charge in [-0.1, -0.05) is 36.4 Å². The summed E-state index contributed by atoms with van der Waals surface area (Å²) in [6.07, 6.45) is 0.855. The van der Waals surface area contributed by atoms with Gasteiger partial charge in [0.15, 0.2) is 0 Å². The number of ether oxygens (including phenoxy) is 1. The fourth-order valence-corrected chi connectivity index (χ4v) is 2.70. The molecule has 0 saturated carbocycles. The Labute approximate surface area is 151 Å². The molecule has 3 rings (SSSR count). The van der Waals surface area contributed by atoms with Crippen LogP contribution in [0, 0.1) is 6.92 Å². The molecule has 1 heterocycles. The van der Waals surface area contributed by atoms with E-state index in [1.807, 2.05) is 49.4 Å². The van der Waals surface area contributed by atoms with Crippen LogP contribution in [-0.2, 0) is 0 Å². The summed E-state index contributed by atoms with van der Waals surface area (Å²) in [5.41, 5.74) is 2.13. The van der Waals surface area contributed by atoms with E-state index in [4.69, 9.17) is 4.74 Å². The monoisotopic (exact) mass is 351 g/mol. The molecular formula is C20H21N3O3. The van der Waals surface area contributed by atoms with Crippen LogP contribution in [0.2, 0.25) is 0 Å². The fourth-order valence-electron chi connectivity index (χ4n) is 2.70. The Hall–Kier alpha value is -3.12. The van der Waals surface area contributed by atoms with Gasteiger partial charge in [-0.2, -0.15) is 0 Å². The van der Waals surface area contributed by atoms with E-state index in [2.05, 4.69) is 15.6 Å². The number of aliphatic hydroxyl groups excluding tert-OH is 1. The molecule has 0 radical (unpaired) electrons. The summed E-state index contributed by atoms with van der Waals surface area (Å²) < 4.78 is 5.13. The van der Waals surface area contributed by atoms with Crippen LogP contribution in [0.1, 0.15) is 17.2 Å². The van der Waals surface area contributed by atoms with Crippen LogP contribution < -0.4 is 15.4 Å². The third-order valence-corrected chi connectivity index (χ3v) is 4.04. The fraction of sp³-hybridized carbons (Fsp3) is 0.200. The SMILES string of the molecule is COc1ncc(C)cc1NC(=O)NCC(O)c1ccc2ccccc2c1. The van der Waals surface area contributed by atoms with Crippen molar-refractivity contribution >= 4 is 22.5 Å². The van der Waals surface area contributed by atoms with Gasteiger partial charge in [0.2, 0.25) is 5.88 Å². The molecule has 1 unspecified atom stereocenters. The Morgan fingerprint density at radius 1 is 1.19 bits per heavy atom. The largest absolute Gasteiger partial charge is 0.480 e. The Kier molecular flexibility index (Phi) is 5.34. The van der Waals surface area contributed by atoms with Crippen molar-refractivity contribution in [2.45, 2.75) is 13.0 Å². The lowest BCUT2D eigenvalue weighted by atomic mass is 10.0. The second kappa shape index (κ2) is 7.84. The molecular weight excluding hydrogens is 330 g/mol. The molecule has 6 nitrogen and oxygen atoms in total. The van der Waals surface area contributed by atoms with E-state index in [9.17, 15) is 9.90 Å². The molecule has 1 atom stereocenters. The molecule has 3 aromatic rings. The summed E-state index contributed by atoms with van der Waals surface area (Å²) in [7, 11) is 1.49. The first-order valence-corrected chi connectivity index (χ1v) is 8.29. The summed E-state index contributed by atoms with van der Waals surface area (Å²) in [5, 5.41) is 17.9. The van der Waals surface area contributed by atoms with Gasteiger partial charge >= 0.3 is 6.03 Å². The van der Waals surface area contributed by atoms with Crippen molar-refractivity contribution in [2.24, 2.45) is 0 Å². The second-order valence-corrected chi connectivity index (χ2v) is 6.03. The molecule has 3 N–H and O–H groups in total. The maximum absolute atomic E-state index is 12.1. The number of carbonyl (C=O) groups excluding carboxylic acids is 1. The number of hydrogen-bond donors (Lipinski definition) is 3. The minimum Gasteiger partial charge on any atom is -0.480 e. The van der Waals surface area contributed by atoms with Gasteiger partial charge in [-0.05, 0) is 41.0 Å². The standard InChI is InChI=1S/C20H21N3O3/c1-13-9-17(19(26-2)21-11-13)23-20(25)22-12-18(24)16-8-7-14-5-3-4-6-15(14)10-16/h3-11,18,24H,12H2,1-2H3,(H2,22,23,25). The van der Waals surface area contributed by atoms with Crippen LogP contribution in [0.25, 0.3) is 10.8 Å². The zero-order valence-electron chi connectivity index (χ0n) is 14.7. The Bertz CT molecular complexity index is 927. The maximum Gasteiger partial charge on any atom is 0.319 e. The number of methoxy groups -OCH3 is 1. The van der Waals surface area contributed by atoms with Crippen LogP contribution in [0.5, 0.6) is 5.88 Å². The first-order valence-electron chi connectivity index (χ1n) is 8.29. The minimum atomic E-state index is -0.803. The molecule has 0 aliphatic rings. The van der Waals surface area contributed by atoms with Crippen molar-refractivity contribution in [3.05, 3.63) is 65.9 Å².